The average molecular weight is 269 g/mol. The molecule has 104 valence electrons. The van der Waals surface area contributed by atoms with Gasteiger partial charge in [0.05, 0.1) is 6.04 Å². The van der Waals surface area contributed by atoms with Gasteiger partial charge in [-0.15, -0.1) is 0 Å². The third kappa shape index (κ3) is 2.14. The first kappa shape index (κ1) is 12.1. The lowest BCUT2D eigenvalue weighted by molar-refractivity contribution is 0.338. The predicted molar refractivity (Wildman–Crippen MR) is 75.5 cm³/mol. The Labute approximate surface area is 118 Å². The van der Waals surface area contributed by atoms with E-state index in [-0.39, 0.29) is 6.04 Å². The molecule has 2 aliphatic rings. The molecule has 4 rings (SSSR count). The van der Waals surface area contributed by atoms with Crippen LogP contribution in [0.15, 0.2) is 28.8 Å². The molecule has 1 aliphatic carbocycles. The molecular formula is C16H19N3O. The highest BCUT2D eigenvalue weighted by Crippen LogP contribution is 2.32. The monoisotopic (exact) mass is 269 g/mol. The molecular weight excluding hydrogens is 250 g/mol. The number of rotatable bonds is 2. The molecule has 0 spiro atoms. The lowest BCUT2D eigenvalue weighted by Gasteiger charge is -2.21. The zero-order valence-corrected chi connectivity index (χ0v) is 11.5. The van der Waals surface area contributed by atoms with Crippen LogP contribution < -0.4 is 5.32 Å². The molecule has 1 aromatic heterocycles. The minimum atomic E-state index is 0.270. The van der Waals surface area contributed by atoms with Crippen LogP contribution in [0, 0.1) is 0 Å². The normalized spacial score (nSPS) is 25.6. The lowest BCUT2D eigenvalue weighted by Crippen LogP contribution is -2.15. The average Bonchev–Trinajstić information content (AvgIpc) is 3.17. The quantitative estimate of drug-likeness (QED) is 0.910. The van der Waals surface area contributed by atoms with Crippen molar-refractivity contribution in [2.75, 3.05) is 6.54 Å². The standard InChI is InChI=1S/C16H19N3O/c1-2-5-12-10-13(8-7-11(12)4-1)15-18-16(20-19-15)14-6-3-9-17-14/h1-2,4-5,13-14,17H,3,6-10H2/t13?,14-/m1/s1. The molecule has 0 amide bonds. The largest absolute Gasteiger partial charge is 0.338 e. The van der Waals surface area contributed by atoms with Crippen molar-refractivity contribution in [2.45, 2.75) is 44.1 Å². The van der Waals surface area contributed by atoms with Gasteiger partial charge >= 0.3 is 0 Å². The number of aromatic nitrogens is 2. The summed E-state index contributed by atoms with van der Waals surface area (Å²) >= 11 is 0. The number of fused-ring (bicyclic) bond motifs is 1. The van der Waals surface area contributed by atoms with Crippen molar-refractivity contribution >= 4 is 0 Å². The lowest BCUT2D eigenvalue weighted by atomic mass is 9.83. The van der Waals surface area contributed by atoms with E-state index in [2.05, 4.69) is 39.7 Å². The highest BCUT2D eigenvalue weighted by molar-refractivity contribution is 5.31. The summed E-state index contributed by atoms with van der Waals surface area (Å²) in [6.45, 7) is 1.05. The zero-order valence-electron chi connectivity index (χ0n) is 11.5. The van der Waals surface area contributed by atoms with Crippen molar-refractivity contribution < 1.29 is 4.52 Å². The van der Waals surface area contributed by atoms with Gasteiger partial charge in [-0.05, 0) is 49.8 Å². The second kappa shape index (κ2) is 5.02. The van der Waals surface area contributed by atoms with Gasteiger partial charge in [0.1, 0.15) is 0 Å². The molecule has 20 heavy (non-hydrogen) atoms. The summed E-state index contributed by atoms with van der Waals surface area (Å²) < 4.78 is 5.47. The maximum Gasteiger partial charge on any atom is 0.243 e. The van der Waals surface area contributed by atoms with E-state index in [1.54, 1.807) is 0 Å². The summed E-state index contributed by atoms with van der Waals surface area (Å²) in [5.74, 6) is 2.07. The Balaban J connectivity index is 1.54. The van der Waals surface area contributed by atoms with E-state index in [0.29, 0.717) is 5.92 Å². The molecule has 0 saturated carbocycles. The molecule has 0 bridgehead atoms. The van der Waals surface area contributed by atoms with Gasteiger partial charge in [0.2, 0.25) is 5.89 Å². The van der Waals surface area contributed by atoms with Gasteiger partial charge in [0.15, 0.2) is 5.82 Å². The van der Waals surface area contributed by atoms with Crippen LogP contribution in [0.4, 0.5) is 0 Å². The van der Waals surface area contributed by atoms with Gasteiger partial charge in [0, 0.05) is 5.92 Å². The predicted octanol–water partition coefficient (Wildman–Crippen LogP) is 2.77. The summed E-state index contributed by atoms with van der Waals surface area (Å²) in [5, 5.41) is 7.64. The van der Waals surface area contributed by atoms with Crippen LogP contribution in [0.3, 0.4) is 0 Å². The van der Waals surface area contributed by atoms with Gasteiger partial charge in [0.25, 0.3) is 0 Å². The Bertz CT molecular complexity index is 601. The van der Waals surface area contributed by atoms with E-state index in [9.17, 15) is 0 Å². The smallest absolute Gasteiger partial charge is 0.243 e. The Morgan fingerprint density at radius 1 is 1.15 bits per heavy atom. The molecule has 4 heteroatoms. The number of benzene rings is 1. The second-order valence-corrected chi connectivity index (χ2v) is 5.85. The van der Waals surface area contributed by atoms with Gasteiger partial charge < -0.3 is 9.84 Å². The van der Waals surface area contributed by atoms with Crippen molar-refractivity contribution in [3.05, 3.63) is 47.1 Å². The van der Waals surface area contributed by atoms with Crippen molar-refractivity contribution in [3.63, 3.8) is 0 Å². The number of hydrogen-bond acceptors (Lipinski definition) is 4. The van der Waals surface area contributed by atoms with Crippen LogP contribution in [0.25, 0.3) is 0 Å². The first-order chi connectivity index (χ1) is 9.90. The first-order valence-electron chi connectivity index (χ1n) is 7.54. The van der Waals surface area contributed by atoms with E-state index in [4.69, 9.17) is 4.52 Å². The van der Waals surface area contributed by atoms with E-state index in [1.165, 1.54) is 17.5 Å². The second-order valence-electron chi connectivity index (χ2n) is 5.85. The Hall–Kier alpha value is -1.68. The first-order valence-corrected chi connectivity index (χ1v) is 7.54. The fraction of sp³-hybridized carbons (Fsp3) is 0.500. The number of aryl methyl sites for hydroxylation is 1. The number of nitrogens with zero attached hydrogens (tertiary/aromatic N) is 2. The van der Waals surface area contributed by atoms with Crippen LogP contribution >= 0.6 is 0 Å². The summed E-state index contributed by atoms with van der Waals surface area (Å²) in [6.07, 6.45) is 5.57. The maximum absolute atomic E-state index is 5.47. The Morgan fingerprint density at radius 2 is 2.05 bits per heavy atom. The third-order valence-corrected chi connectivity index (χ3v) is 4.53. The Morgan fingerprint density at radius 3 is 2.90 bits per heavy atom. The molecule has 1 unspecified atom stereocenters. The molecule has 0 radical (unpaired) electrons. The van der Waals surface area contributed by atoms with E-state index >= 15 is 0 Å². The summed E-state index contributed by atoms with van der Waals surface area (Å²) in [4.78, 5) is 4.65. The Kier molecular flexibility index (Phi) is 3.03. The van der Waals surface area contributed by atoms with Gasteiger partial charge in [-0.25, -0.2) is 0 Å². The van der Waals surface area contributed by atoms with Crippen molar-refractivity contribution in [3.8, 4) is 0 Å². The molecule has 2 atom stereocenters. The molecule has 2 aromatic rings. The van der Waals surface area contributed by atoms with Crippen LogP contribution in [0.2, 0.25) is 0 Å². The fourth-order valence-electron chi connectivity index (χ4n) is 3.37. The van der Waals surface area contributed by atoms with Crippen LogP contribution in [-0.2, 0) is 12.8 Å². The minimum Gasteiger partial charge on any atom is -0.338 e. The minimum absolute atomic E-state index is 0.270. The number of hydrogen-bond donors (Lipinski definition) is 1. The summed E-state index contributed by atoms with van der Waals surface area (Å²) in [7, 11) is 0. The molecule has 1 fully saturated rings. The summed E-state index contributed by atoms with van der Waals surface area (Å²) in [6, 6.07) is 8.96. The number of nitrogens with one attached hydrogen (secondary N) is 1. The highest BCUT2D eigenvalue weighted by atomic mass is 16.5. The van der Waals surface area contributed by atoms with E-state index < -0.39 is 0 Å². The molecule has 1 saturated heterocycles. The third-order valence-electron chi connectivity index (χ3n) is 4.53. The van der Waals surface area contributed by atoms with Crippen LogP contribution in [0.5, 0.6) is 0 Å². The van der Waals surface area contributed by atoms with Crippen molar-refractivity contribution in [2.24, 2.45) is 0 Å². The maximum atomic E-state index is 5.47. The van der Waals surface area contributed by atoms with Gasteiger partial charge in [-0.3, -0.25) is 0 Å². The highest BCUT2D eigenvalue weighted by Gasteiger charge is 2.27. The molecule has 1 N–H and O–H groups in total. The topological polar surface area (TPSA) is 51.0 Å². The molecule has 1 aromatic carbocycles. The van der Waals surface area contributed by atoms with Gasteiger partial charge in [-0.2, -0.15) is 4.98 Å². The van der Waals surface area contributed by atoms with E-state index in [1.807, 2.05) is 0 Å². The SMILES string of the molecule is c1ccc2c(c1)CCC(c1noc([C@H]3CCCN3)n1)C2. The van der Waals surface area contributed by atoms with Crippen LogP contribution in [-0.4, -0.2) is 16.7 Å². The fourth-order valence-corrected chi connectivity index (χ4v) is 3.37. The van der Waals surface area contributed by atoms with Crippen molar-refractivity contribution in [1.82, 2.24) is 15.5 Å². The zero-order chi connectivity index (χ0) is 13.4. The molecule has 4 nitrogen and oxygen atoms in total. The molecule has 2 heterocycles. The van der Waals surface area contributed by atoms with Gasteiger partial charge in [-0.1, -0.05) is 29.4 Å². The summed E-state index contributed by atoms with van der Waals surface area (Å²) in [5.41, 5.74) is 2.92. The van der Waals surface area contributed by atoms with Crippen LogP contribution in [0.1, 0.15) is 54.1 Å². The molecule has 1 aliphatic heterocycles. The van der Waals surface area contributed by atoms with E-state index in [0.717, 1.165) is 43.9 Å². The van der Waals surface area contributed by atoms with Crippen molar-refractivity contribution in [1.29, 1.82) is 0 Å².